The summed E-state index contributed by atoms with van der Waals surface area (Å²) in [6.07, 6.45) is 0.249. The normalized spacial score (nSPS) is 11.6. The number of rotatable bonds is 6. The van der Waals surface area contributed by atoms with Crippen LogP contribution < -0.4 is 10.6 Å². The average molecular weight is 389 g/mol. The van der Waals surface area contributed by atoms with Crippen molar-refractivity contribution >= 4 is 27.7 Å². The third-order valence-electron chi connectivity index (χ3n) is 3.77. The number of benzene rings is 2. The number of carbonyl (C=O) groups excluding carboxylic acids is 2. The van der Waals surface area contributed by atoms with Crippen LogP contribution in [-0.2, 0) is 4.79 Å². The van der Waals surface area contributed by atoms with Gasteiger partial charge in [0.15, 0.2) is 0 Å². The van der Waals surface area contributed by atoms with Crippen LogP contribution in [0.3, 0.4) is 0 Å². The Labute approximate surface area is 150 Å². The van der Waals surface area contributed by atoms with E-state index in [2.05, 4.69) is 26.6 Å². The lowest BCUT2D eigenvalue weighted by Crippen LogP contribution is -2.32. The highest BCUT2D eigenvalue weighted by Crippen LogP contribution is 2.16. The van der Waals surface area contributed by atoms with Crippen molar-refractivity contribution in [1.82, 2.24) is 10.6 Å². The zero-order valence-corrected chi connectivity index (χ0v) is 15.4. The molecule has 0 fully saturated rings. The highest BCUT2D eigenvalue weighted by atomic mass is 79.9. The van der Waals surface area contributed by atoms with Gasteiger partial charge >= 0.3 is 0 Å². The minimum atomic E-state index is -0.151. The van der Waals surface area contributed by atoms with Gasteiger partial charge in [-0.25, -0.2) is 0 Å². The highest BCUT2D eigenvalue weighted by molar-refractivity contribution is 9.10. The second-order valence-electron chi connectivity index (χ2n) is 5.66. The number of halogens is 1. The Morgan fingerprint density at radius 2 is 1.75 bits per heavy atom. The third-order valence-corrected chi connectivity index (χ3v) is 4.30. The van der Waals surface area contributed by atoms with Crippen LogP contribution in [0.4, 0.5) is 0 Å². The van der Waals surface area contributed by atoms with Crippen LogP contribution in [0, 0.1) is 6.92 Å². The molecule has 2 rings (SSSR count). The standard InChI is InChI=1S/C19H21BrN2O2/c1-13-5-3-4-6-17(13)19(24)21-12-11-18(23)22-14(2)15-7-9-16(20)10-8-15/h3-10,14H,11-12H2,1-2H3,(H,21,24)(H,22,23)/t14-/m0/s1. The summed E-state index contributed by atoms with van der Waals surface area (Å²) in [5.41, 5.74) is 2.60. The van der Waals surface area contributed by atoms with E-state index in [9.17, 15) is 9.59 Å². The first-order chi connectivity index (χ1) is 11.5. The fraction of sp³-hybridized carbons (Fsp3) is 0.263. The Bertz CT molecular complexity index is 714. The lowest BCUT2D eigenvalue weighted by Gasteiger charge is -2.15. The van der Waals surface area contributed by atoms with Crippen molar-refractivity contribution in [1.29, 1.82) is 0 Å². The smallest absolute Gasteiger partial charge is 0.251 e. The van der Waals surface area contributed by atoms with Crippen LogP contribution in [0.15, 0.2) is 53.0 Å². The van der Waals surface area contributed by atoms with Crippen molar-refractivity contribution in [2.45, 2.75) is 26.3 Å². The molecule has 0 saturated carbocycles. The van der Waals surface area contributed by atoms with Crippen LogP contribution in [0.1, 0.15) is 40.9 Å². The van der Waals surface area contributed by atoms with Gasteiger partial charge in [0.25, 0.3) is 5.91 Å². The maximum atomic E-state index is 12.1. The van der Waals surface area contributed by atoms with Crippen LogP contribution in [-0.4, -0.2) is 18.4 Å². The SMILES string of the molecule is Cc1ccccc1C(=O)NCCC(=O)N[C@@H](C)c1ccc(Br)cc1. The van der Waals surface area contributed by atoms with Crippen LogP contribution in [0.25, 0.3) is 0 Å². The first-order valence-corrected chi connectivity index (χ1v) is 8.65. The third kappa shape index (κ3) is 5.20. The van der Waals surface area contributed by atoms with Gasteiger partial charge < -0.3 is 10.6 Å². The average Bonchev–Trinajstić information content (AvgIpc) is 2.55. The number of hydrogen-bond acceptors (Lipinski definition) is 2. The largest absolute Gasteiger partial charge is 0.352 e. The lowest BCUT2D eigenvalue weighted by molar-refractivity contribution is -0.121. The molecule has 4 nitrogen and oxygen atoms in total. The zero-order valence-electron chi connectivity index (χ0n) is 13.8. The van der Waals surface area contributed by atoms with E-state index in [1.54, 1.807) is 6.07 Å². The molecule has 0 heterocycles. The van der Waals surface area contributed by atoms with E-state index in [4.69, 9.17) is 0 Å². The van der Waals surface area contributed by atoms with E-state index in [-0.39, 0.29) is 24.3 Å². The van der Waals surface area contributed by atoms with E-state index < -0.39 is 0 Å². The molecule has 0 aromatic heterocycles. The van der Waals surface area contributed by atoms with E-state index in [0.29, 0.717) is 12.1 Å². The Morgan fingerprint density at radius 3 is 2.42 bits per heavy atom. The molecule has 126 valence electrons. The van der Waals surface area contributed by atoms with Gasteiger partial charge in [0.2, 0.25) is 5.91 Å². The number of aryl methyl sites for hydroxylation is 1. The molecular formula is C19H21BrN2O2. The van der Waals surface area contributed by atoms with Crippen LogP contribution >= 0.6 is 15.9 Å². The van der Waals surface area contributed by atoms with Crippen molar-refractivity contribution in [2.75, 3.05) is 6.54 Å². The van der Waals surface area contributed by atoms with Gasteiger partial charge in [0.05, 0.1) is 6.04 Å². The first-order valence-electron chi connectivity index (χ1n) is 7.86. The van der Waals surface area contributed by atoms with E-state index in [1.165, 1.54) is 0 Å². The Hall–Kier alpha value is -2.14. The Kier molecular flexibility index (Phi) is 6.55. The summed E-state index contributed by atoms with van der Waals surface area (Å²) in [7, 11) is 0. The van der Waals surface area contributed by atoms with Crippen molar-refractivity contribution in [3.8, 4) is 0 Å². The molecule has 1 atom stereocenters. The summed E-state index contributed by atoms with van der Waals surface area (Å²) in [4.78, 5) is 24.1. The summed E-state index contributed by atoms with van der Waals surface area (Å²) in [6, 6.07) is 15.1. The van der Waals surface area contributed by atoms with Crippen molar-refractivity contribution < 1.29 is 9.59 Å². The molecule has 0 unspecified atom stereocenters. The summed E-state index contributed by atoms with van der Waals surface area (Å²) in [5.74, 6) is -0.239. The Balaban J connectivity index is 1.78. The predicted molar refractivity (Wildman–Crippen MR) is 98.8 cm³/mol. The fourth-order valence-electron chi connectivity index (χ4n) is 2.36. The topological polar surface area (TPSA) is 58.2 Å². The maximum Gasteiger partial charge on any atom is 0.251 e. The minimum Gasteiger partial charge on any atom is -0.352 e. The molecule has 5 heteroatoms. The molecule has 2 aromatic rings. The molecule has 2 amide bonds. The van der Waals surface area contributed by atoms with Crippen molar-refractivity contribution in [3.63, 3.8) is 0 Å². The quantitative estimate of drug-likeness (QED) is 0.791. The van der Waals surface area contributed by atoms with Gasteiger partial charge in [-0.05, 0) is 43.2 Å². The summed E-state index contributed by atoms with van der Waals surface area (Å²) < 4.78 is 1.00. The predicted octanol–water partition coefficient (Wildman–Crippen LogP) is 3.75. The minimum absolute atomic E-state index is 0.0716. The lowest BCUT2D eigenvalue weighted by atomic mass is 10.1. The van der Waals surface area contributed by atoms with E-state index in [0.717, 1.165) is 15.6 Å². The van der Waals surface area contributed by atoms with E-state index in [1.807, 2.05) is 56.3 Å². The molecule has 2 N–H and O–H groups in total. The number of carbonyl (C=O) groups is 2. The maximum absolute atomic E-state index is 12.1. The van der Waals surface area contributed by atoms with Gasteiger partial charge in [-0.2, -0.15) is 0 Å². The molecule has 0 saturated heterocycles. The van der Waals surface area contributed by atoms with Gasteiger partial charge in [-0.15, -0.1) is 0 Å². The van der Waals surface area contributed by atoms with Gasteiger partial charge in [-0.3, -0.25) is 9.59 Å². The van der Waals surface area contributed by atoms with Crippen molar-refractivity contribution in [2.24, 2.45) is 0 Å². The van der Waals surface area contributed by atoms with Gasteiger partial charge in [0, 0.05) is 23.0 Å². The highest BCUT2D eigenvalue weighted by Gasteiger charge is 2.11. The fourth-order valence-corrected chi connectivity index (χ4v) is 2.63. The monoisotopic (exact) mass is 388 g/mol. The Morgan fingerprint density at radius 1 is 1.08 bits per heavy atom. The molecule has 2 aromatic carbocycles. The van der Waals surface area contributed by atoms with Crippen LogP contribution in [0.2, 0.25) is 0 Å². The zero-order chi connectivity index (χ0) is 17.5. The van der Waals surface area contributed by atoms with Crippen LogP contribution in [0.5, 0.6) is 0 Å². The molecule has 0 radical (unpaired) electrons. The number of amides is 2. The molecule has 0 aliphatic heterocycles. The number of hydrogen-bond donors (Lipinski definition) is 2. The van der Waals surface area contributed by atoms with Crippen molar-refractivity contribution in [3.05, 3.63) is 69.7 Å². The summed E-state index contributed by atoms with van der Waals surface area (Å²) in [5, 5.41) is 5.72. The molecule has 0 bridgehead atoms. The molecular weight excluding hydrogens is 368 g/mol. The second kappa shape index (κ2) is 8.64. The first kappa shape index (κ1) is 18.2. The molecule has 0 spiro atoms. The number of nitrogens with one attached hydrogen (secondary N) is 2. The molecule has 0 aliphatic carbocycles. The van der Waals surface area contributed by atoms with Gasteiger partial charge in [-0.1, -0.05) is 46.3 Å². The van der Waals surface area contributed by atoms with Gasteiger partial charge in [0.1, 0.15) is 0 Å². The summed E-state index contributed by atoms with van der Waals surface area (Å²) >= 11 is 3.39. The molecule has 0 aliphatic rings. The van der Waals surface area contributed by atoms with E-state index >= 15 is 0 Å². The second-order valence-corrected chi connectivity index (χ2v) is 6.58. The summed E-state index contributed by atoms with van der Waals surface area (Å²) in [6.45, 7) is 4.14. The molecule has 24 heavy (non-hydrogen) atoms.